The predicted octanol–water partition coefficient (Wildman–Crippen LogP) is 4.04. The highest BCUT2D eigenvalue weighted by Crippen LogP contribution is 2.33. The van der Waals surface area contributed by atoms with E-state index in [4.69, 9.17) is 27.9 Å². The number of aromatic hydroxyl groups is 1. The molecular formula is C17H21Cl2NO4. The summed E-state index contributed by atoms with van der Waals surface area (Å²) < 4.78 is 5.23. The van der Waals surface area contributed by atoms with Crippen molar-refractivity contribution < 1.29 is 19.4 Å². The molecule has 1 saturated carbocycles. The monoisotopic (exact) mass is 373 g/mol. The molecule has 7 heteroatoms. The fourth-order valence-corrected chi connectivity index (χ4v) is 3.38. The van der Waals surface area contributed by atoms with Gasteiger partial charge in [0.15, 0.2) is 11.9 Å². The SMILES string of the molecule is C[C@@H](OC(=O)c1cc(Cl)c(O)c(Cl)c1)C(=O)N(C)C1CCCCC1. The maximum Gasteiger partial charge on any atom is 0.339 e. The minimum atomic E-state index is -0.907. The van der Waals surface area contributed by atoms with Crippen molar-refractivity contribution in [1.82, 2.24) is 4.90 Å². The molecule has 0 bridgehead atoms. The Morgan fingerprint density at radius 3 is 2.29 bits per heavy atom. The Balaban J connectivity index is 2.01. The third kappa shape index (κ3) is 4.33. The zero-order valence-corrected chi connectivity index (χ0v) is 15.2. The van der Waals surface area contributed by atoms with Crippen LogP contribution in [0.15, 0.2) is 12.1 Å². The number of likely N-dealkylation sites (N-methyl/N-ethyl adjacent to an activating group) is 1. The average Bonchev–Trinajstić information content (AvgIpc) is 2.58. The van der Waals surface area contributed by atoms with Crippen molar-refractivity contribution >= 4 is 35.1 Å². The molecule has 1 fully saturated rings. The van der Waals surface area contributed by atoms with Crippen molar-refractivity contribution in [2.45, 2.75) is 51.2 Å². The second-order valence-corrected chi connectivity index (χ2v) is 6.89. The van der Waals surface area contributed by atoms with Crippen LogP contribution in [0.1, 0.15) is 49.4 Å². The number of halogens is 2. The van der Waals surface area contributed by atoms with E-state index in [1.807, 2.05) is 0 Å². The van der Waals surface area contributed by atoms with Gasteiger partial charge in [-0.15, -0.1) is 0 Å². The summed E-state index contributed by atoms with van der Waals surface area (Å²) in [7, 11) is 1.75. The standard InChI is InChI=1S/C17H21Cl2NO4/c1-10(16(22)20(2)12-6-4-3-5-7-12)24-17(23)11-8-13(18)15(21)14(19)9-11/h8-10,12,21H,3-7H2,1-2H3/t10-/m1/s1. The van der Waals surface area contributed by atoms with Crippen LogP contribution < -0.4 is 0 Å². The van der Waals surface area contributed by atoms with Gasteiger partial charge in [0.1, 0.15) is 0 Å². The molecule has 0 heterocycles. The molecule has 0 radical (unpaired) electrons. The molecule has 24 heavy (non-hydrogen) atoms. The molecule has 5 nitrogen and oxygen atoms in total. The minimum Gasteiger partial charge on any atom is -0.505 e. The van der Waals surface area contributed by atoms with E-state index in [9.17, 15) is 14.7 Å². The fourth-order valence-electron chi connectivity index (χ4n) is 2.90. The Bertz CT molecular complexity index is 606. The van der Waals surface area contributed by atoms with Crippen LogP contribution in [0.5, 0.6) is 5.75 Å². The van der Waals surface area contributed by atoms with Crippen LogP contribution in [-0.4, -0.2) is 41.1 Å². The molecule has 1 aliphatic carbocycles. The van der Waals surface area contributed by atoms with E-state index in [0.29, 0.717) is 0 Å². The lowest BCUT2D eigenvalue weighted by molar-refractivity contribution is -0.141. The number of hydrogen-bond acceptors (Lipinski definition) is 4. The Morgan fingerprint density at radius 2 is 1.75 bits per heavy atom. The van der Waals surface area contributed by atoms with Gasteiger partial charge < -0.3 is 14.7 Å². The molecule has 1 N–H and O–H groups in total. The molecule has 132 valence electrons. The highest BCUT2D eigenvalue weighted by Gasteiger charge is 2.28. The number of amides is 1. The molecule has 0 saturated heterocycles. The summed E-state index contributed by atoms with van der Waals surface area (Å²) in [5.74, 6) is -1.24. The molecule has 0 spiro atoms. The normalized spacial score (nSPS) is 16.5. The van der Waals surface area contributed by atoms with E-state index in [0.717, 1.165) is 25.7 Å². The fraction of sp³-hybridized carbons (Fsp3) is 0.529. The molecular weight excluding hydrogens is 353 g/mol. The van der Waals surface area contributed by atoms with Crippen molar-refractivity contribution in [3.63, 3.8) is 0 Å². The summed E-state index contributed by atoms with van der Waals surface area (Å²) in [6, 6.07) is 2.71. The quantitative estimate of drug-likeness (QED) is 0.808. The third-order valence-corrected chi connectivity index (χ3v) is 4.93. The summed E-state index contributed by atoms with van der Waals surface area (Å²) in [6.45, 7) is 1.54. The minimum absolute atomic E-state index is 0.0484. The van der Waals surface area contributed by atoms with Gasteiger partial charge in [0.2, 0.25) is 0 Å². The molecule has 0 aromatic heterocycles. The number of rotatable bonds is 4. The molecule has 1 aliphatic rings. The summed E-state index contributed by atoms with van der Waals surface area (Å²) in [6.07, 6.45) is 4.47. The van der Waals surface area contributed by atoms with Gasteiger partial charge in [-0.25, -0.2) is 4.79 Å². The van der Waals surface area contributed by atoms with Crippen molar-refractivity contribution in [2.75, 3.05) is 7.05 Å². The van der Waals surface area contributed by atoms with Crippen molar-refractivity contribution in [3.05, 3.63) is 27.7 Å². The zero-order chi connectivity index (χ0) is 17.9. The number of nitrogens with zero attached hydrogens (tertiary/aromatic N) is 1. The number of phenolic OH excluding ortho intramolecular Hbond substituents is 1. The van der Waals surface area contributed by atoms with Crippen molar-refractivity contribution in [3.8, 4) is 5.75 Å². The second kappa shape index (κ2) is 8.08. The number of esters is 1. The average molecular weight is 374 g/mol. The number of carbonyl (C=O) groups excluding carboxylic acids is 2. The third-order valence-electron chi connectivity index (χ3n) is 4.35. The van der Waals surface area contributed by atoms with Crippen LogP contribution in [0.4, 0.5) is 0 Å². The maximum absolute atomic E-state index is 12.5. The Kier molecular flexibility index (Phi) is 6.35. The molecule has 0 unspecified atom stereocenters. The number of benzene rings is 1. The second-order valence-electron chi connectivity index (χ2n) is 6.08. The van der Waals surface area contributed by atoms with E-state index in [1.54, 1.807) is 18.9 Å². The number of phenols is 1. The van der Waals surface area contributed by atoms with Crippen LogP contribution in [0, 0.1) is 0 Å². The molecule has 1 aromatic carbocycles. The van der Waals surface area contributed by atoms with E-state index < -0.39 is 12.1 Å². The summed E-state index contributed by atoms with van der Waals surface area (Å²) in [5, 5.41) is 9.43. The highest BCUT2D eigenvalue weighted by atomic mass is 35.5. The van der Waals surface area contributed by atoms with Gasteiger partial charge in [-0.1, -0.05) is 42.5 Å². The van der Waals surface area contributed by atoms with Crippen LogP contribution in [0.3, 0.4) is 0 Å². The molecule has 1 amide bonds. The van der Waals surface area contributed by atoms with Gasteiger partial charge in [-0.2, -0.15) is 0 Å². The first-order valence-electron chi connectivity index (χ1n) is 7.97. The predicted molar refractivity (Wildman–Crippen MR) is 92.6 cm³/mol. The summed E-state index contributed by atoms with van der Waals surface area (Å²) >= 11 is 11.6. The first-order chi connectivity index (χ1) is 11.3. The molecule has 1 atom stereocenters. The number of hydrogen-bond donors (Lipinski definition) is 1. The van der Waals surface area contributed by atoms with Gasteiger partial charge >= 0.3 is 5.97 Å². The van der Waals surface area contributed by atoms with Crippen molar-refractivity contribution in [1.29, 1.82) is 0 Å². The van der Waals surface area contributed by atoms with Gasteiger partial charge in [-0.05, 0) is 31.9 Å². The lowest BCUT2D eigenvalue weighted by Crippen LogP contribution is -2.44. The van der Waals surface area contributed by atoms with Crippen LogP contribution in [-0.2, 0) is 9.53 Å². The first-order valence-corrected chi connectivity index (χ1v) is 8.72. The Labute approximate surface area is 151 Å². The van der Waals surface area contributed by atoms with E-state index >= 15 is 0 Å². The van der Waals surface area contributed by atoms with E-state index in [2.05, 4.69) is 0 Å². The Morgan fingerprint density at radius 1 is 1.21 bits per heavy atom. The van der Waals surface area contributed by atoms with Gasteiger partial charge in [0.25, 0.3) is 5.91 Å². The highest BCUT2D eigenvalue weighted by molar-refractivity contribution is 6.37. The van der Waals surface area contributed by atoms with Gasteiger partial charge in [0.05, 0.1) is 15.6 Å². The van der Waals surface area contributed by atoms with E-state index in [-0.39, 0.29) is 33.3 Å². The Hall–Kier alpha value is -1.46. The van der Waals surface area contributed by atoms with E-state index in [1.165, 1.54) is 18.6 Å². The van der Waals surface area contributed by atoms with Crippen molar-refractivity contribution in [2.24, 2.45) is 0 Å². The molecule has 0 aliphatic heterocycles. The number of carbonyl (C=O) groups is 2. The molecule has 1 aromatic rings. The molecule has 2 rings (SSSR count). The van der Waals surface area contributed by atoms with Crippen LogP contribution in [0.2, 0.25) is 10.0 Å². The smallest absolute Gasteiger partial charge is 0.339 e. The maximum atomic E-state index is 12.5. The summed E-state index contributed by atoms with van der Waals surface area (Å²) in [5.41, 5.74) is 0.0859. The lowest BCUT2D eigenvalue weighted by Gasteiger charge is -2.32. The zero-order valence-electron chi connectivity index (χ0n) is 13.7. The van der Waals surface area contributed by atoms with Gasteiger partial charge in [-0.3, -0.25) is 4.79 Å². The topological polar surface area (TPSA) is 66.8 Å². The first kappa shape index (κ1) is 18.9. The van der Waals surface area contributed by atoms with Crippen LogP contribution >= 0.6 is 23.2 Å². The number of ether oxygens (including phenoxy) is 1. The van der Waals surface area contributed by atoms with Gasteiger partial charge in [0, 0.05) is 13.1 Å². The largest absolute Gasteiger partial charge is 0.505 e. The summed E-state index contributed by atoms with van der Waals surface area (Å²) in [4.78, 5) is 26.3. The van der Waals surface area contributed by atoms with Crippen LogP contribution in [0.25, 0.3) is 0 Å². The lowest BCUT2D eigenvalue weighted by atomic mass is 9.94.